The van der Waals surface area contributed by atoms with Crippen LogP contribution >= 0.6 is 0 Å². The molecule has 34 heavy (non-hydrogen) atoms. The van der Waals surface area contributed by atoms with Gasteiger partial charge in [-0.2, -0.15) is 0 Å². The van der Waals surface area contributed by atoms with Crippen LogP contribution in [0.15, 0.2) is 127 Å². The molecule has 0 spiro atoms. The van der Waals surface area contributed by atoms with Crippen molar-refractivity contribution in [2.45, 2.75) is 6.92 Å². The van der Waals surface area contributed by atoms with Crippen molar-refractivity contribution < 1.29 is 0 Å². The molecule has 6 aromatic rings. The van der Waals surface area contributed by atoms with E-state index in [1.165, 1.54) is 53.8 Å². The lowest BCUT2D eigenvalue weighted by atomic mass is 9.93. The highest BCUT2D eigenvalue weighted by molar-refractivity contribution is 7.23. The lowest BCUT2D eigenvalue weighted by Gasteiger charge is -2.32. The third-order valence-corrected chi connectivity index (χ3v) is 12.5. The molecule has 7 rings (SSSR count). The summed E-state index contributed by atoms with van der Waals surface area (Å²) in [6.07, 6.45) is 0. The van der Waals surface area contributed by atoms with Crippen LogP contribution in [-0.4, -0.2) is 8.07 Å². The summed E-state index contributed by atoms with van der Waals surface area (Å²) in [7, 11) is -2.53. The first kappa shape index (κ1) is 19.5. The van der Waals surface area contributed by atoms with E-state index in [1.54, 1.807) is 5.19 Å². The first-order valence-corrected chi connectivity index (χ1v) is 14.0. The van der Waals surface area contributed by atoms with E-state index in [9.17, 15) is 0 Å². The van der Waals surface area contributed by atoms with Gasteiger partial charge in [0.25, 0.3) is 0 Å². The molecule has 6 aromatic carbocycles. The van der Waals surface area contributed by atoms with Gasteiger partial charge in [-0.15, -0.1) is 0 Å². The molecule has 160 valence electrons. The summed E-state index contributed by atoms with van der Waals surface area (Å²) < 4.78 is 0. The van der Waals surface area contributed by atoms with Gasteiger partial charge in [0.05, 0.1) is 0 Å². The fraction of sp³-hybridized carbons (Fsp3) is 0.0303. The molecule has 0 atom stereocenters. The summed E-state index contributed by atoms with van der Waals surface area (Å²) in [5.41, 5.74) is 4.14. The standard InChI is InChI=1S/C33H24Si/c1-23-20-21-27-26-16-8-9-17-28(26)32-29-18-10-11-19-31(29)34(33(32)30(27)22-23,24-12-4-2-5-13-24)25-14-6-3-7-15-25/h2-22H,1H3. The normalized spacial score (nSPS) is 13.7. The summed E-state index contributed by atoms with van der Waals surface area (Å²) in [4.78, 5) is 0. The molecule has 0 fully saturated rings. The van der Waals surface area contributed by atoms with Crippen molar-refractivity contribution in [1.82, 2.24) is 0 Å². The van der Waals surface area contributed by atoms with E-state index in [0.29, 0.717) is 0 Å². The maximum Gasteiger partial charge on any atom is 0.181 e. The van der Waals surface area contributed by atoms with Gasteiger partial charge in [0.1, 0.15) is 0 Å². The Morgan fingerprint density at radius 1 is 0.471 bits per heavy atom. The van der Waals surface area contributed by atoms with E-state index in [-0.39, 0.29) is 0 Å². The van der Waals surface area contributed by atoms with Crippen molar-refractivity contribution in [2.75, 3.05) is 0 Å². The lowest BCUT2D eigenvalue weighted by molar-refractivity contribution is 1.51. The minimum Gasteiger partial charge on any atom is -0.0623 e. The van der Waals surface area contributed by atoms with E-state index in [1.807, 2.05) is 0 Å². The zero-order chi connectivity index (χ0) is 22.7. The Morgan fingerprint density at radius 2 is 1.03 bits per heavy atom. The number of fused-ring (bicyclic) bond motifs is 8. The number of hydrogen-bond donors (Lipinski definition) is 0. The predicted molar refractivity (Wildman–Crippen MR) is 149 cm³/mol. The average molecular weight is 449 g/mol. The zero-order valence-electron chi connectivity index (χ0n) is 19.1. The van der Waals surface area contributed by atoms with Crippen molar-refractivity contribution in [2.24, 2.45) is 0 Å². The highest BCUT2D eigenvalue weighted by Crippen LogP contribution is 2.39. The highest BCUT2D eigenvalue weighted by Gasteiger charge is 2.50. The van der Waals surface area contributed by atoms with Gasteiger partial charge in [0.15, 0.2) is 8.07 Å². The summed E-state index contributed by atoms with van der Waals surface area (Å²) >= 11 is 0. The summed E-state index contributed by atoms with van der Waals surface area (Å²) in [6.45, 7) is 2.22. The summed E-state index contributed by atoms with van der Waals surface area (Å²) in [5, 5.41) is 11.4. The molecule has 1 heterocycles. The number of benzene rings is 6. The molecule has 1 aliphatic rings. The van der Waals surface area contributed by atoms with Crippen molar-refractivity contribution in [1.29, 1.82) is 0 Å². The van der Waals surface area contributed by atoms with Crippen LogP contribution in [0.2, 0.25) is 0 Å². The largest absolute Gasteiger partial charge is 0.181 e. The molecule has 0 saturated carbocycles. The summed E-state index contributed by atoms with van der Waals surface area (Å²) in [5.74, 6) is 0. The molecule has 0 aromatic heterocycles. The lowest BCUT2D eigenvalue weighted by Crippen LogP contribution is -2.73. The van der Waals surface area contributed by atoms with Gasteiger partial charge in [0, 0.05) is 0 Å². The Hall–Kier alpha value is -3.94. The van der Waals surface area contributed by atoms with Crippen LogP contribution in [-0.2, 0) is 0 Å². The molecular formula is C33H24Si. The molecule has 1 aliphatic heterocycles. The predicted octanol–water partition coefficient (Wildman–Crippen LogP) is 5.66. The Morgan fingerprint density at radius 3 is 1.74 bits per heavy atom. The zero-order valence-corrected chi connectivity index (χ0v) is 20.1. The highest BCUT2D eigenvalue weighted by atomic mass is 28.3. The second-order valence-electron chi connectivity index (χ2n) is 9.37. The van der Waals surface area contributed by atoms with Gasteiger partial charge < -0.3 is 0 Å². The van der Waals surface area contributed by atoms with Gasteiger partial charge in [-0.3, -0.25) is 0 Å². The monoisotopic (exact) mass is 448 g/mol. The van der Waals surface area contributed by atoms with Crippen molar-refractivity contribution in [3.05, 3.63) is 133 Å². The summed E-state index contributed by atoms with van der Waals surface area (Å²) in [6, 6.07) is 47.8. The molecule has 0 N–H and O–H groups in total. The van der Waals surface area contributed by atoms with Crippen molar-refractivity contribution in [3.8, 4) is 11.1 Å². The minimum absolute atomic E-state index is 1.31. The molecule has 0 unspecified atom stereocenters. The number of aryl methyl sites for hydroxylation is 1. The Labute approximate surface area is 201 Å². The minimum atomic E-state index is -2.53. The van der Waals surface area contributed by atoms with Crippen LogP contribution in [0, 0.1) is 6.92 Å². The van der Waals surface area contributed by atoms with Crippen LogP contribution < -0.4 is 20.7 Å². The average Bonchev–Trinajstić information content (AvgIpc) is 3.22. The molecule has 0 bridgehead atoms. The molecule has 0 amide bonds. The van der Waals surface area contributed by atoms with Crippen LogP contribution in [0.25, 0.3) is 32.7 Å². The van der Waals surface area contributed by atoms with E-state index in [4.69, 9.17) is 0 Å². The molecule has 0 nitrogen and oxygen atoms in total. The van der Waals surface area contributed by atoms with Gasteiger partial charge >= 0.3 is 0 Å². The van der Waals surface area contributed by atoms with Crippen molar-refractivity contribution >= 4 is 50.4 Å². The number of hydrogen-bond acceptors (Lipinski definition) is 0. The second kappa shape index (κ2) is 7.28. The van der Waals surface area contributed by atoms with Gasteiger partial charge in [-0.1, -0.05) is 133 Å². The van der Waals surface area contributed by atoms with Crippen LogP contribution in [0.5, 0.6) is 0 Å². The van der Waals surface area contributed by atoms with Gasteiger partial charge in [-0.25, -0.2) is 0 Å². The fourth-order valence-electron chi connectivity index (χ4n) is 6.28. The van der Waals surface area contributed by atoms with E-state index >= 15 is 0 Å². The molecule has 0 radical (unpaired) electrons. The fourth-order valence-corrected chi connectivity index (χ4v) is 11.7. The molecule has 0 aliphatic carbocycles. The number of rotatable bonds is 2. The quantitative estimate of drug-likeness (QED) is 0.236. The SMILES string of the molecule is Cc1ccc2c(c1)c1c(c3ccccc32)-c2ccccc2[Si]1(c1ccccc1)c1ccccc1. The topological polar surface area (TPSA) is 0 Å². The first-order chi connectivity index (χ1) is 16.8. The Bertz CT molecular complexity index is 1660. The third kappa shape index (κ3) is 2.48. The van der Waals surface area contributed by atoms with E-state index in [0.717, 1.165) is 0 Å². The van der Waals surface area contributed by atoms with Crippen molar-refractivity contribution in [3.63, 3.8) is 0 Å². The van der Waals surface area contributed by atoms with E-state index in [2.05, 4.69) is 134 Å². The molecule has 0 saturated heterocycles. The molecular weight excluding hydrogens is 424 g/mol. The Balaban J connectivity index is 1.82. The second-order valence-corrected chi connectivity index (χ2v) is 13.1. The Kier molecular flexibility index (Phi) is 4.18. The van der Waals surface area contributed by atoms with Gasteiger partial charge in [0.2, 0.25) is 0 Å². The van der Waals surface area contributed by atoms with Crippen LogP contribution in [0.4, 0.5) is 0 Å². The first-order valence-electron chi connectivity index (χ1n) is 12.0. The molecule has 1 heteroatoms. The van der Waals surface area contributed by atoms with Crippen LogP contribution in [0.3, 0.4) is 0 Å². The van der Waals surface area contributed by atoms with Crippen LogP contribution in [0.1, 0.15) is 5.56 Å². The maximum absolute atomic E-state index is 2.53. The smallest absolute Gasteiger partial charge is 0.0623 e. The van der Waals surface area contributed by atoms with Gasteiger partial charge in [-0.05, 0) is 60.3 Å². The third-order valence-electron chi connectivity index (χ3n) is 7.57. The van der Waals surface area contributed by atoms with E-state index < -0.39 is 8.07 Å². The maximum atomic E-state index is 2.43.